The van der Waals surface area contributed by atoms with Crippen LogP contribution in [0.5, 0.6) is 0 Å². The summed E-state index contributed by atoms with van der Waals surface area (Å²) in [6.07, 6.45) is 6.37. The lowest BCUT2D eigenvalue weighted by atomic mass is 10.0. The topological polar surface area (TPSA) is 29.9 Å². The first-order valence-electron chi connectivity index (χ1n) is 7.11. The molecular weight excluding hydrogens is 234 g/mol. The Labute approximate surface area is 114 Å². The zero-order valence-electron chi connectivity index (χ0n) is 11.6. The second kappa shape index (κ2) is 5.17. The number of imidazole rings is 1. The predicted molar refractivity (Wildman–Crippen MR) is 77.6 cm³/mol. The molecule has 0 aliphatic carbocycles. The zero-order valence-corrected chi connectivity index (χ0v) is 11.6. The summed E-state index contributed by atoms with van der Waals surface area (Å²) in [7, 11) is 0. The van der Waals surface area contributed by atoms with Gasteiger partial charge in [0.15, 0.2) is 0 Å². The van der Waals surface area contributed by atoms with Crippen molar-refractivity contribution in [3.63, 3.8) is 0 Å². The molecule has 1 N–H and O–H groups in total. The summed E-state index contributed by atoms with van der Waals surface area (Å²) in [5.74, 6) is 0.552. The van der Waals surface area contributed by atoms with Crippen LogP contribution in [0.15, 0.2) is 36.8 Å². The number of hydrogen-bond acceptors (Lipinski definition) is 2. The second-order valence-electron chi connectivity index (χ2n) is 5.59. The Kier molecular flexibility index (Phi) is 3.38. The van der Waals surface area contributed by atoms with Crippen LogP contribution in [-0.2, 0) is 0 Å². The van der Waals surface area contributed by atoms with Crippen LogP contribution >= 0.6 is 0 Å². The van der Waals surface area contributed by atoms with Gasteiger partial charge in [0.25, 0.3) is 0 Å². The lowest BCUT2D eigenvalue weighted by molar-refractivity contribution is 0.615. The fourth-order valence-corrected chi connectivity index (χ4v) is 2.75. The largest absolute Gasteiger partial charge is 0.309 e. The molecule has 3 rings (SSSR count). The standard InChI is InChI=1S/C16H21N3/c1-12(2)13-5-3-6-14(9-13)19-11-17-10-16(19)15-7-4-8-18-15/h3,5-6,9-12,15,18H,4,7-8H2,1-2H3/t15-/m0/s1. The first kappa shape index (κ1) is 12.4. The summed E-state index contributed by atoms with van der Waals surface area (Å²) >= 11 is 0. The van der Waals surface area contributed by atoms with Gasteiger partial charge in [0.2, 0.25) is 0 Å². The van der Waals surface area contributed by atoms with E-state index >= 15 is 0 Å². The highest BCUT2D eigenvalue weighted by Crippen LogP contribution is 2.26. The molecule has 2 heterocycles. The molecule has 1 aromatic carbocycles. The molecule has 0 unspecified atom stereocenters. The summed E-state index contributed by atoms with van der Waals surface area (Å²) < 4.78 is 2.22. The maximum atomic E-state index is 4.34. The Morgan fingerprint density at radius 2 is 2.26 bits per heavy atom. The minimum absolute atomic E-state index is 0.449. The Balaban J connectivity index is 1.98. The summed E-state index contributed by atoms with van der Waals surface area (Å²) in [5.41, 5.74) is 3.86. The van der Waals surface area contributed by atoms with Crippen LogP contribution in [0, 0.1) is 0 Å². The van der Waals surface area contributed by atoms with Crippen LogP contribution in [0.4, 0.5) is 0 Å². The van der Waals surface area contributed by atoms with E-state index in [-0.39, 0.29) is 0 Å². The van der Waals surface area contributed by atoms with Gasteiger partial charge in [-0.15, -0.1) is 0 Å². The molecule has 1 aromatic heterocycles. The molecule has 19 heavy (non-hydrogen) atoms. The Morgan fingerprint density at radius 1 is 1.37 bits per heavy atom. The third-order valence-corrected chi connectivity index (χ3v) is 3.90. The van der Waals surface area contributed by atoms with Crippen LogP contribution in [-0.4, -0.2) is 16.1 Å². The highest BCUT2D eigenvalue weighted by atomic mass is 15.1. The van der Waals surface area contributed by atoms with E-state index in [9.17, 15) is 0 Å². The van der Waals surface area contributed by atoms with Crippen LogP contribution in [0.3, 0.4) is 0 Å². The van der Waals surface area contributed by atoms with Gasteiger partial charge in [-0.05, 0) is 43.0 Å². The Bertz CT molecular complexity index is 551. The monoisotopic (exact) mass is 255 g/mol. The molecule has 1 atom stereocenters. The molecule has 0 saturated carbocycles. The third kappa shape index (κ3) is 2.43. The molecule has 3 nitrogen and oxygen atoms in total. The molecule has 0 amide bonds. The number of hydrogen-bond donors (Lipinski definition) is 1. The van der Waals surface area contributed by atoms with E-state index in [1.165, 1.54) is 29.8 Å². The molecule has 1 aliphatic heterocycles. The van der Waals surface area contributed by atoms with E-state index in [1.54, 1.807) is 0 Å². The molecule has 1 aliphatic rings. The van der Waals surface area contributed by atoms with Crippen LogP contribution in [0.2, 0.25) is 0 Å². The molecular formula is C16H21N3. The number of nitrogens with one attached hydrogen (secondary N) is 1. The summed E-state index contributed by atoms with van der Waals surface area (Å²) in [5, 5.41) is 3.55. The summed E-state index contributed by atoms with van der Waals surface area (Å²) in [6, 6.07) is 9.21. The lowest BCUT2D eigenvalue weighted by Crippen LogP contribution is -2.16. The minimum Gasteiger partial charge on any atom is -0.309 e. The first-order chi connectivity index (χ1) is 9.25. The van der Waals surface area contributed by atoms with E-state index in [4.69, 9.17) is 0 Å². The highest BCUT2D eigenvalue weighted by Gasteiger charge is 2.20. The molecule has 1 saturated heterocycles. The van der Waals surface area contributed by atoms with Gasteiger partial charge in [-0.3, -0.25) is 0 Å². The van der Waals surface area contributed by atoms with E-state index in [2.05, 4.69) is 53.0 Å². The zero-order chi connectivity index (χ0) is 13.2. The summed E-state index contributed by atoms with van der Waals surface area (Å²) in [4.78, 5) is 4.34. The first-order valence-corrected chi connectivity index (χ1v) is 7.11. The number of rotatable bonds is 3. The van der Waals surface area contributed by atoms with Gasteiger partial charge in [-0.25, -0.2) is 4.98 Å². The lowest BCUT2D eigenvalue weighted by Gasteiger charge is -2.15. The molecule has 0 bridgehead atoms. The van der Waals surface area contributed by atoms with Crippen molar-refractivity contribution in [1.82, 2.24) is 14.9 Å². The molecule has 100 valence electrons. The van der Waals surface area contributed by atoms with Crippen molar-refractivity contribution in [3.8, 4) is 5.69 Å². The maximum Gasteiger partial charge on any atom is 0.0994 e. The van der Waals surface area contributed by atoms with E-state index in [0.29, 0.717) is 12.0 Å². The van der Waals surface area contributed by atoms with Crippen molar-refractivity contribution >= 4 is 0 Å². The van der Waals surface area contributed by atoms with Gasteiger partial charge in [-0.1, -0.05) is 26.0 Å². The molecule has 0 spiro atoms. The smallest absolute Gasteiger partial charge is 0.0994 e. The van der Waals surface area contributed by atoms with E-state index < -0.39 is 0 Å². The van der Waals surface area contributed by atoms with Crippen molar-refractivity contribution < 1.29 is 0 Å². The average Bonchev–Trinajstić information content (AvgIpc) is 3.09. The van der Waals surface area contributed by atoms with Gasteiger partial charge in [0.1, 0.15) is 0 Å². The molecule has 3 heteroatoms. The Morgan fingerprint density at radius 3 is 3.00 bits per heavy atom. The Hall–Kier alpha value is -1.61. The fourth-order valence-electron chi connectivity index (χ4n) is 2.75. The van der Waals surface area contributed by atoms with Crippen molar-refractivity contribution in [2.24, 2.45) is 0 Å². The predicted octanol–water partition coefficient (Wildman–Crippen LogP) is 3.42. The van der Waals surface area contributed by atoms with E-state index in [0.717, 1.165) is 6.54 Å². The quantitative estimate of drug-likeness (QED) is 0.910. The highest BCUT2D eigenvalue weighted by molar-refractivity contribution is 5.39. The number of aromatic nitrogens is 2. The van der Waals surface area contributed by atoms with Crippen molar-refractivity contribution in [2.45, 2.75) is 38.6 Å². The minimum atomic E-state index is 0.449. The maximum absolute atomic E-state index is 4.34. The number of nitrogens with zero attached hydrogens (tertiary/aromatic N) is 2. The van der Waals surface area contributed by atoms with Gasteiger partial charge in [-0.2, -0.15) is 0 Å². The summed E-state index contributed by atoms with van der Waals surface area (Å²) in [6.45, 7) is 5.57. The molecule has 2 aromatic rings. The van der Waals surface area contributed by atoms with Crippen molar-refractivity contribution in [1.29, 1.82) is 0 Å². The van der Waals surface area contributed by atoms with Crippen LogP contribution in [0.1, 0.15) is 49.9 Å². The van der Waals surface area contributed by atoms with Crippen molar-refractivity contribution in [3.05, 3.63) is 48.0 Å². The SMILES string of the molecule is CC(C)c1cccc(-n2cncc2[C@@H]2CCCN2)c1. The molecule has 1 fully saturated rings. The van der Waals surface area contributed by atoms with Gasteiger partial charge in [0.05, 0.1) is 18.2 Å². The van der Waals surface area contributed by atoms with Gasteiger partial charge < -0.3 is 9.88 Å². The molecule has 0 radical (unpaired) electrons. The fraction of sp³-hybridized carbons (Fsp3) is 0.438. The van der Waals surface area contributed by atoms with Crippen LogP contribution < -0.4 is 5.32 Å². The number of benzene rings is 1. The van der Waals surface area contributed by atoms with Crippen LogP contribution in [0.25, 0.3) is 5.69 Å². The third-order valence-electron chi connectivity index (χ3n) is 3.90. The van der Waals surface area contributed by atoms with E-state index in [1.807, 2.05) is 12.5 Å². The van der Waals surface area contributed by atoms with Gasteiger partial charge >= 0.3 is 0 Å². The van der Waals surface area contributed by atoms with Crippen molar-refractivity contribution in [2.75, 3.05) is 6.54 Å². The normalized spacial score (nSPS) is 19.2. The average molecular weight is 255 g/mol. The van der Waals surface area contributed by atoms with Gasteiger partial charge in [0, 0.05) is 11.7 Å². The second-order valence-corrected chi connectivity index (χ2v) is 5.59.